The molecule has 0 fully saturated rings. The van der Waals surface area contributed by atoms with Crippen molar-refractivity contribution in [3.8, 4) is 5.88 Å². The summed E-state index contributed by atoms with van der Waals surface area (Å²) in [6, 6.07) is 0. The van der Waals surface area contributed by atoms with Crippen molar-refractivity contribution in [1.82, 2.24) is 14.7 Å². The fourth-order valence-corrected chi connectivity index (χ4v) is 2.11. The molecule has 1 atom stereocenters. The van der Waals surface area contributed by atoms with E-state index in [1.165, 1.54) is 4.90 Å². The van der Waals surface area contributed by atoms with Gasteiger partial charge in [0.05, 0.1) is 23.8 Å². The molecule has 0 radical (unpaired) electrons. The number of hydrogen-bond acceptors (Lipinski definition) is 3. The summed E-state index contributed by atoms with van der Waals surface area (Å²) in [6.45, 7) is 1.65. The smallest absolute Gasteiger partial charge is 0.407 e. The predicted molar refractivity (Wildman–Crippen MR) is 59.6 cm³/mol. The number of fused-ring (bicyclic) bond motifs is 1. The third-order valence-electron chi connectivity index (χ3n) is 2.49. The van der Waals surface area contributed by atoms with Crippen molar-refractivity contribution >= 4 is 22.0 Å². The zero-order valence-corrected chi connectivity index (χ0v) is 10.3. The Hall–Kier alpha value is -1.24. The SMILES string of the molecule is CN(CC1COc2c(Br)cnn2C1)C(=O)O. The van der Waals surface area contributed by atoms with E-state index in [1.54, 1.807) is 17.9 Å². The number of aromatic nitrogens is 2. The molecule has 0 spiro atoms. The van der Waals surface area contributed by atoms with Gasteiger partial charge in [0.25, 0.3) is 0 Å². The Balaban J connectivity index is 2.00. The van der Waals surface area contributed by atoms with Crippen LogP contribution in [0.4, 0.5) is 4.79 Å². The summed E-state index contributed by atoms with van der Waals surface area (Å²) in [7, 11) is 1.55. The lowest BCUT2D eigenvalue weighted by atomic mass is 10.1. The van der Waals surface area contributed by atoms with Gasteiger partial charge in [0.1, 0.15) is 0 Å². The van der Waals surface area contributed by atoms with E-state index in [1.807, 2.05) is 0 Å². The number of ether oxygens (including phenoxy) is 1. The molecule has 1 unspecified atom stereocenters. The van der Waals surface area contributed by atoms with Gasteiger partial charge in [-0.15, -0.1) is 0 Å². The second kappa shape index (κ2) is 4.32. The monoisotopic (exact) mass is 289 g/mol. The van der Waals surface area contributed by atoms with Crippen molar-refractivity contribution in [2.24, 2.45) is 5.92 Å². The van der Waals surface area contributed by atoms with Crippen LogP contribution in [0.2, 0.25) is 0 Å². The third kappa shape index (κ3) is 2.13. The highest BCUT2D eigenvalue weighted by Gasteiger charge is 2.24. The van der Waals surface area contributed by atoms with Crippen LogP contribution >= 0.6 is 15.9 Å². The van der Waals surface area contributed by atoms with Crippen molar-refractivity contribution in [3.63, 3.8) is 0 Å². The second-order valence-electron chi connectivity index (χ2n) is 3.82. The van der Waals surface area contributed by atoms with Crippen LogP contribution in [0.25, 0.3) is 0 Å². The Morgan fingerprint density at radius 3 is 3.31 bits per heavy atom. The average Bonchev–Trinajstić information content (AvgIpc) is 2.60. The molecule has 1 aromatic rings. The lowest BCUT2D eigenvalue weighted by Crippen LogP contribution is -2.37. The molecule has 0 aromatic carbocycles. The quantitative estimate of drug-likeness (QED) is 0.890. The molecule has 7 heteroatoms. The molecule has 88 valence electrons. The summed E-state index contributed by atoms with van der Waals surface area (Å²) < 4.78 is 8.10. The van der Waals surface area contributed by atoms with Gasteiger partial charge in [-0.05, 0) is 15.9 Å². The third-order valence-corrected chi connectivity index (χ3v) is 3.04. The van der Waals surface area contributed by atoms with Gasteiger partial charge < -0.3 is 14.7 Å². The molecule has 0 saturated carbocycles. The van der Waals surface area contributed by atoms with Gasteiger partial charge in [-0.25, -0.2) is 9.48 Å². The van der Waals surface area contributed by atoms with E-state index in [4.69, 9.17) is 9.84 Å². The summed E-state index contributed by atoms with van der Waals surface area (Å²) in [5.74, 6) is 0.856. The fraction of sp³-hybridized carbons (Fsp3) is 0.556. The highest BCUT2D eigenvalue weighted by atomic mass is 79.9. The van der Waals surface area contributed by atoms with Crippen LogP contribution in [0.1, 0.15) is 0 Å². The topological polar surface area (TPSA) is 67.6 Å². The Kier molecular flexibility index (Phi) is 3.04. The first-order valence-corrected chi connectivity index (χ1v) is 5.65. The van der Waals surface area contributed by atoms with Gasteiger partial charge in [0, 0.05) is 19.5 Å². The molecule has 0 bridgehead atoms. The molecular weight excluding hydrogens is 278 g/mol. The molecule has 16 heavy (non-hydrogen) atoms. The normalized spacial score (nSPS) is 18.8. The van der Waals surface area contributed by atoms with E-state index >= 15 is 0 Å². The van der Waals surface area contributed by atoms with Crippen LogP contribution in [0, 0.1) is 5.92 Å². The van der Waals surface area contributed by atoms with Crippen LogP contribution in [0.5, 0.6) is 5.88 Å². The lowest BCUT2D eigenvalue weighted by Gasteiger charge is -2.26. The Labute approximate surface area is 101 Å². The first kappa shape index (κ1) is 11.3. The van der Waals surface area contributed by atoms with Gasteiger partial charge in [-0.1, -0.05) is 0 Å². The highest BCUT2D eigenvalue weighted by Crippen LogP contribution is 2.28. The van der Waals surface area contributed by atoms with E-state index in [-0.39, 0.29) is 5.92 Å². The molecule has 1 N–H and O–H groups in total. The number of halogens is 1. The number of rotatable bonds is 2. The van der Waals surface area contributed by atoms with Crippen LogP contribution in [0.3, 0.4) is 0 Å². The summed E-state index contributed by atoms with van der Waals surface area (Å²) in [6.07, 6.45) is 0.756. The first-order valence-electron chi connectivity index (χ1n) is 4.86. The lowest BCUT2D eigenvalue weighted by molar-refractivity contribution is 0.114. The average molecular weight is 290 g/mol. The molecule has 2 heterocycles. The van der Waals surface area contributed by atoms with Crippen LogP contribution in [0.15, 0.2) is 10.7 Å². The molecule has 1 aliphatic rings. The van der Waals surface area contributed by atoms with Gasteiger partial charge in [-0.2, -0.15) is 5.10 Å². The van der Waals surface area contributed by atoms with Gasteiger partial charge in [0.15, 0.2) is 0 Å². The van der Waals surface area contributed by atoms with Crippen molar-refractivity contribution in [2.45, 2.75) is 6.54 Å². The van der Waals surface area contributed by atoms with E-state index in [0.29, 0.717) is 25.6 Å². The zero-order valence-electron chi connectivity index (χ0n) is 8.76. The molecule has 1 amide bonds. The molecule has 1 aliphatic heterocycles. The van der Waals surface area contributed by atoms with Crippen LogP contribution in [-0.2, 0) is 6.54 Å². The summed E-state index contributed by atoms with van der Waals surface area (Å²) >= 11 is 3.33. The van der Waals surface area contributed by atoms with Gasteiger partial charge in [-0.3, -0.25) is 0 Å². The molecular formula is C9H12BrN3O3. The second-order valence-corrected chi connectivity index (χ2v) is 4.67. The standard InChI is InChI=1S/C9H12BrN3O3/c1-12(9(14)15)3-6-4-13-8(16-5-6)7(10)2-11-13/h2,6H,3-5H2,1H3,(H,14,15). The molecule has 0 saturated heterocycles. The summed E-state index contributed by atoms with van der Waals surface area (Å²) in [5.41, 5.74) is 0. The van der Waals surface area contributed by atoms with E-state index < -0.39 is 6.09 Å². The summed E-state index contributed by atoms with van der Waals surface area (Å²) in [5, 5.41) is 12.9. The van der Waals surface area contributed by atoms with E-state index in [9.17, 15) is 4.79 Å². The van der Waals surface area contributed by atoms with Crippen molar-refractivity contribution < 1.29 is 14.6 Å². The minimum absolute atomic E-state index is 0.139. The van der Waals surface area contributed by atoms with Crippen LogP contribution < -0.4 is 4.74 Å². The van der Waals surface area contributed by atoms with Crippen molar-refractivity contribution in [1.29, 1.82) is 0 Å². The zero-order chi connectivity index (χ0) is 11.7. The number of amides is 1. The Bertz CT molecular complexity index is 407. The number of carbonyl (C=O) groups is 1. The maximum atomic E-state index is 10.7. The van der Waals surface area contributed by atoms with Gasteiger partial charge in [0.2, 0.25) is 5.88 Å². The highest BCUT2D eigenvalue weighted by molar-refractivity contribution is 9.10. The van der Waals surface area contributed by atoms with Gasteiger partial charge >= 0.3 is 6.09 Å². The fourth-order valence-electron chi connectivity index (χ4n) is 1.69. The van der Waals surface area contributed by atoms with Crippen molar-refractivity contribution in [2.75, 3.05) is 20.2 Å². The Morgan fingerprint density at radius 2 is 2.62 bits per heavy atom. The van der Waals surface area contributed by atoms with E-state index in [0.717, 1.165) is 4.47 Å². The largest absolute Gasteiger partial charge is 0.477 e. The maximum Gasteiger partial charge on any atom is 0.407 e. The number of carboxylic acid groups (broad SMARTS) is 1. The number of hydrogen-bond donors (Lipinski definition) is 1. The molecule has 0 aliphatic carbocycles. The molecule has 1 aromatic heterocycles. The number of nitrogens with zero attached hydrogens (tertiary/aromatic N) is 3. The molecule has 6 nitrogen and oxygen atoms in total. The summed E-state index contributed by atoms with van der Waals surface area (Å²) in [4.78, 5) is 11.9. The van der Waals surface area contributed by atoms with E-state index in [2.05, 4.69) is 21.0 Å². The minimum Gasteiger partial charge on any atom is -0.477 e. The van der Waals surface area contributed by atoms with Crippen LogP contribution in [-0.4, -0.2) is 46.1 Å². The maximum absolute atomic E-state index is 10.7. The Morgan fingerprint density at radius 1 is 1.88 bits per heavy atom. The predicted octanol–water partition coefficient (Wildman–Crippen LogP) is 1.26. The van der Waals surface area contributed by atoms with Crippen molar-refractivity contribution in [3.05, 3.63) is 10.7 Å². The first-order chi connectivity index (χ1) is 7.58. The molecule has 2 rings (SSSR count). The minimum atomic E-state index is -0.924.